The van der Waals surface area contributed by atoms with Crippen LogP contribution in [-0.4, -0.2) is 30.0 Å². The van der Waals surface area contributed by atoms with Crippen LogP contribution >= 0.6 is 11.3 Å². The Hall–Kier alpha value is -0.680. The molecule has 1 atom stereocenters. The topological polar surface area (TPSA) is 47.0 Å². The van der Waals surface area contributed by atoms with Gasteiger partial charge in [-0.05, 0) is 25.7 Å². The normalized spacial score (nSPS) is 21.4. The molecule has 1 aromatic heterocycles. The fraction of sp³-hybridized carbons (Fsp3) is 0.778. The molecule has 4 nitrogen and oxygen atoms in total. The van der Waals surface area contributed by atoms with Crippen LogP contribution in [0.3, 0.4) is 0 Å². The Kier molecular flexibility index (Phi) is 3.31. The van der Waals surface area contributed by atoms with Crippen LogP contribution in [0.1, 0.15) is 17.8 Å². The van der Waals surface area contributed by atoms with Gasteiger partial charge in [0.2, 0.25) is 5.13 Å². The predicted octanol–water partition coefficient (Wildman–Crippen LogP) is 1.69. The largest absolute Gasteiger partial charge is 0.381 e. The first-order valence-electron chi connectivity index (χ1n) is 4.96. The highest BCUT2D eigenvalue weighted by Gasteiger charge is 2.14. The van der Waals surface area contributed by atoms with E-state index in [0.717, 1.165) is 35.8 Å². The molecule has 0 amide bonds. The van der Waals surface area contributed by atoms with Gasteiger partial charge in [0.1, 0.15) is 5.01 Å². The van der Waals surface area contributed by atoms with Crippen molar-refractivity contribution in [2.24, 2.45) is 5.92 Å². The molecule has 0 radical (unpaired) electrons. The van der Waals surface area contributed by atoms with Crippen molar-refractivity contribution < 1.29 is 4.74 Å². The highest BCUT2D eigenvalue weighted by Crippen LogP contribution is 2.18. The molecule has 1 aliphatic rings. The Morgan fingerprint density at radius 2 is 2.50 bits per heavy atom. The van der Waals surface area contributed by atoms with Crippen molar-refractivity contribution in [1.82, 2.24) is 10.2 Å². The van der Waals surface area contributed by atoms with Crippen molar-refractivity contribution in [2.45, 2.75) is 19.8 Å². The molecule has 1 N–H and O–H groups in total. The van der Waals surface area contributed by atoms with Gasteiger partial charge in [-0.1, -0.05) is 11.3 Å². The molecule has 0 aromatic carbocycles. The van der Waals surface area contributed by atoms with Gasteiger partial charge >= 0.3 is 0 Å². The number of anilines is 1. The summed E-state index contributed by atoms with van der Waals surface area (Å²) < 4.78 is 5.31. The van der Waals surface area contributed by atoms with E-state index in [2.05, 4.69) is 15.5 Å². The molecule has 14 heavy (non-hydrogen) atoms. The SMILES string of the molecule is Cc1nnc(NCCC2CCOC2)s1. The molecule has 1 saturated heterocycles. The number of nitrogens with zero attached hydrogens (tertiary/aromatic N) is 2. The lowest BCUT2D eigenvalue weighted by molar-refractivity contribution is 0.185. The van der Waals surface area contributed by atoms with Crippen LogP contribution in [0.25, 0.3) is 0 Å². The maximum absolute atomic E-state index is 5.31. The van der Waals surface area contributed by atoms with E-state index >= 15 is 0 Å². The van der Waals surface area contributed by atoms with E-state index in [4.69, 9.17) is 4.74 Å². The molecule has 1 fully saturated rings. The van der Waals surface area contributed by atoms with Crippen LogP contribution in [-0.2, 0) is 4.74 Å². The third kappa shape index (κ3) is 2.65. The minimum Gasteiger partial charge on any atom is -0.381 e. The van der Waals surface area contributed by atoms with Crippen molar-refractivity contribution in [3.8, 4) is 0 Å². The van der Waals surface area contributed by atoms with Crippen LogP contribution in [0.5, 0.6) is 0 Å². The molecule has 0 bridgehead atoms. The average molecular weight is 213 g/mol. The zero-order chi connectivity index (χ0) is 9.80. The van der Waals surface area contributed by atoms with Gasteiger partial charge < -0.3 is 10.1 Å². The number of hydrogen-bond acceptors (Lipinski definition) is 5. The zero-order valence-corrected chi connectivity index (χ0v) is 9.14. The van der Waals surface area contributed by atoms with Gasteiger partial charge in [-0.2, -0.15) is 0 Å². The fourth-order valence-electron chi connectivity index (χ4n) is 1.56. The van der Waals surface area contributed by atoms with E-state index < -0.39 is 0 Å². The molecular formula is C9H15N3OS. The van der Waals surface area contributed by atoms with Gasteiger partial charge in [0.05, 0.1) is 0 Å². The van der Waals surface area contributed by atoms with E-state index in [0.29, 0.717) is 0 Å². The summed E-state index contributed by atoms with van der Waals surface area (Å²) in [6.45, 7) is 4.80. The van der Waals surface area contributed by atoms with Crippen LogP contribution in [0.15, 0.2) is 0 Å². The number of nitrogens with one attached hydrogen (secondary N) is 1. The zero-order valence-electron chi connectivity index (χ0n) is 8.32. The molecule has 0 spiro atoms. The second kappa shape index (κ2) is 4.70. The molecule has 5 heteroatoms. The summed E-state index contributed by atoms with van der Waals surface area (Å²) in [6, 6.07) is 0. The van der Waals surface area contributed by atoms with Crippen molar-refractivity contribution >= 4 is 16.5 Å². The third-order valence-corrected chi connectivity index (χ3v) is 3.18. The summed E-state index contributed by atoms with van der Waals surface area (Å²) in [7, 11) is 0. The Bertz CT molecular complexity index is 283. The number of rotatable bonds is 4. The lowest BCUT2D eigenvalue weighted by Gasteiger charge is -2.06. The maximum atomic E-state index is 5.31. The minimum atomic E-state index is 0.733. The standard InChI is InChI=1S/C9H15N3OS/c1-7-11-12-9(14-7)10-4-2-8-3-5-13-6-8/h8H,2-6H2,1H3,(H,10,12). The van der Waals surface area contributed by atoms with Gasteiger partial charge in [0.25, 0.3) is 0 Å². The van der Waals surface area contributed by atoms with E-state index in [-0.39, 0.29) is 0 Å². The molecule has 0 saturated carbocycles. The first-order valence-corrected chi connectivity index (χ1v) is 5.78. The van der Waals surface area contributed by atoms with Gasteiger partial charge in [-0.25, -0.2) is 0 Å². The van der Waals surface area contributed by atoms with Gasteiger partial charge in [0.15, 0.2) is 0 Å². The smallest absolute Gasteiger partial charge is 0.205 e. The average Bonchev–Trinajstić information content (AvgIpc) is 2.77. The summed E-state index contributed by atoms with van der Waals surface area (Å²) in [5.41, 5.74) is 0. The van der Waals surface area contributed by atoms with Crippen molar-refractivity contribution in [2.75, 3.05) is 25.1 Å². The lowest BCUT2D eigenvalue weighted by Crippen LogP contribution is -2.08. The summed E-state index contributed by atoms with van der Waals surface area (Å²) in [5, 5.41) is 13.2. The molecule has 0 aliphatic carbocycles. The van der Waals surface area contributed by atoms with Gasteiger partial charge in [0, 0.05) is 19.8 Å². The van der Waals surface area contributed by atoms with Crippen LogP contribution in [0.2, 0.25) is 0 Å². The molecule has 1 unspecified atom stereocenters. The summed E-state index contributed by atoms with van der Waals surface area (Å²) >= 11 is 1.61. The molecule has 1 aromatic rings. The third-order valence-electron chi connectivity index (χ3n) is 2.38. The van der Waals surface area contributed by atoms with Crippen molar-refractivity contribution in [3.63, 3.8) is 0 Å². The lowest BCUT2D eigenvalue weighted by atomic mass is 10.1. The quantitative estimate of drug-likeness (QED) is 0.826. The summed E-state index contributed by atoms with van der Waals surface area (Å²) in [5.74, 6) is 0.733. The van der Waals surface area contributed by atoms with Crippen LogP contribution < -0.4 is 5.32 Å². The van der Waals surface area contributed by atoms with Gasteiger partial charge in [-0.3, -0.25) is 0 Å². The Balaban J connectivity index is 1.67. The van der Waals surface area contributed by atoms with Crippen LogP contribution in [0, 0.1) is 12.8 Å². The van der Waals surface area contributed by atoms with Gasteiger partial charge in [-0.15, -0.1) is 10.2 Å². The van der Waals surface area contributed by atoms with Crippen molar-refractivity contribution in [3.05, 3.63) is 5.01 Å². The molecule has 78 valence electrons. The highest BCUT2D eigenvalue weighted by molar-refractivity contribution is 7.15. The first-order chi connectivity index (χ1) is 6.84. The summed E-state index contributed by atoms with van der Waals surface area (Å²) in [6.07, 6.45) is 2.37. The molecular weight excluding hydrogens is 198 g/mol. The Morgan fingerprint density at radius 3 is 3.14 bits per heavy atom. The predicted molar refractivity (Wildman–Crippen MR) is 56.7 cm³/mol. The first kappa shape index (κ1) is 9.86. The number of aryl methyl sites for hydroxylation is 1. The Morgan fingerprint density at radius 1 is 1.57 bits per heavy atom. The monoisotopic (exact) mass is 213 g/mol. The number of aromatic nitrogens is 2. The number of ether oxygens (including phenoxy) is 1. The molecule has 2 rings (SSSR count). The number of hydrogen-bond donors (Lipinski definition) is 1. The molecule has 2 heterocycles. The Labute approximate surface area is 87.7 Å². The van der Waals surface area contributed by atoms with E-state index in [1.807, 2.05) is 6.92 Å². The highest BCUT2D eigenvalue weighted by atomic mass is 32.1. The minimum absolute atomic E-state index is 0.733. The van der Waals surface area contributed by atoms with Crippen LogP contribution in [0.4, 0.5) is 5.13 Å². The molecule has 1 aliphatic heterocycles. The van der Waals surface area contributed by atoms with E-state index in [1.165, 1.54) is 12.8 Å². The van der Waals surface area contributed by atoms with Crippen molar-refractivity contribution in [1.29, 1.82) is 0 Å². The fourth-order valence-corrected chi connectivity index (χ4v) is 2.18. The maximum Gasteiger partial charge on any atom is 0.205 e. The second-order valence-corrected chi connectivity index (χ2v) is 4.75. The second-order valence-electron chi connectivity index (χ2n) is 3.57. The van der Waals surface area contributed by atoms with E-state index in [1.54, 1.807) is 11.3 Å². The summed E-state index contributed by atoms with van der Waals surface area (Å²) in [4.78, 5) is 0. The van der Waals surface area contributed by atoms with E-state index in [9.17, 15) is 0 Å².